The van der Waals surface area contributed by atoms with Crippen molar-refractivity contribution in [3.05, 3.63) is 23.1 Å². The van der Waals surface area contributed by atoms with Gasteiger partial charge in [-0.25, -0.2) is 9.97 Å². The molecule has 1 aliphatic heterocycles. The number of amides is 1. The molecular formula is C14H16Cl2N4O. The van der Waals surface area contributed by atoms with Crippen LogP contribution in [-0.2, 0) is 4.79 Å². The van der Waals surface area contributed by atoms with E-state index in [1.54, 1.807) is 17.2 Å². The topological polar surface area (TPSA) is 51.0 Å². The molecule has 2 atom stereocenters. The molecule has 2 aromatic heterocycles. The average molecular weight is 327 g/mol. The van der Waals surface area contributed by atoms with E-state index in [1.807, 2.05) is 14.0 Å². The summed E-state index contributed by atoms with van der Waals surface area (Å²) in [6.45, 7) is 2.53. The Bertz CT molecular complexity index is 698. The summed E-state index contributed by atoms with van der Waals surface area (Å²) in [5, 5.41) is 0.317. The minimum absolute atomic E-state index is 0.141. The Hall–Kier alpha value is -1.33. The molecule has 1 saturated heterocycles. The van der Waals surface area contributed by atoms with E-state index in [9.17, 15) is 4.79 Å². The molecule has 0 N–H and O–H groups in total. The predicted octanol–water partition coefficient (Wildman–Crippen LogP) is 3.18. The van der Waals surface area contributed by atoms with E-state index in [0.717, 1.165) is 23.4 Å². The number of nitrogens with zero attached hydrogens (tertiary/aromatic N) is 4. The second-order valence-electron chi connectivity index (χ2n) is 5.42. The van der Waals surface area contributed by atoms with E-state index in [2.05, 4.69) is 14.5 Å². The summed E-state index contributed by atoms with van der Waals surface area (Å²) in [6.07, 6.45) is 2.92. The largest absolute Gasteiger partial charge is 0.344 e. The number of alkyl halides is 1. The van der Waals surface area contributed by atoms with E-state index in [1.165, 1.54) is 0 Å². The Labute approximate surface area is 132 Å². The molecule has 1 fully saturated rings. The number of imidazole rings is 1. The van der Waals surface area contributed by atoms with Crippen LogP contribution in [-0.4, -0.2) is 38.9 Å². The number of aromatic nitrogens is 3. The van der Waals surface area contributed by atoms with Crippen LogP contribution in [0, 0.1) is 0 Å². The van der Waals surface area contributed by atoms with Crippen molar-refractivity contribution in [3.63, 3.8) is 0 Å². The molecule has 2 aromatic rings. The normalized spacial score (nSPS) is 21.0. The van der Waals surface area contributed by atoms with Crippen molar-refractivity contribution >= 4 is 40.3 Å². The monoisotopic (exact) mass is 326 g/mol. The lowest BCUT2D eigenvalue weighted by atomic mass is 10.1. The zero-order valence-corrected chi connectivity index (χ0v) is 13.4. The fourth-order valence-corrected chi connectivity index (χ4v) is 3.12. The minimum atomic E-state index is -0.235. The number of carbonyl (C=O) groups is 1. The molecule has 112 valence electrons. The van der Waals surface area contributed by atoms with E-state index in [-0.39, 0.29) is 17.3 Å². The van der Waals surface area contributed by atoms with E-state index in [4.69, 9.17) is 23.2 Å². The Morgan fingerprint density at radius 2 is 2.24 bits per heavy atom. The van der Waals surface area contributed by atoms with Gasteiger partial charge in [-0.05, 0) is 19.4 Å². The van der Waals surface area contributed by atoms with Gasteiger partial charge in [0.2, 0.25) is 5.91 Å². The third-order valence-electron chi connectivity index (χ3n) is 3.85. The Morgan fingerprint density at radius 3 is 2.90 bits per heavy atom. The van der Waals surface area contributed by atoms with Gasteiger partial charge in [0.15, 0.2) is 5.65 Å². The first-order valence-corrected chi connectivity index (χ1v) is 7.70. The molecule has 0 spiro atoms. The van der Waals surface area contributed by atoms with Crippen LogP contribution >= 0.6 is 23.2 Å². The molecule has 21 heavy (non-hydrogen) atoms. The number of hydrogen-bond donors (Lipinski definition) is 0. The van der Waals surface area contributed by atoms with Gasteiger partial charge in [-0.3, -0.25) is 4.79 Å². The number of halogens is 2. The summed E-state index contributed by atoms with van der Waals surface area (Å²) in [7, 11) is 1.82. The molecule has 2 unspecified atom stereocenters. The molecular weight excluding hydrogens is 311 g/mol. The standard InChI is InChI=1S/C14H16Cl2N4O/c1-8(15)13-18-11-5-9(16)6-17-14(11)20(13)10-3-4-12(21)19(2)7-10/h5-6,8,10H,3-4,7H2,1-2H3. The van der Waals surface area contributed by atoms with Crippen molar-refractivity contribution < 1.29 is 4.79 Å². The molecule has 0 aliphatic carbocycles. The number of hydrogen-bond acceptors (Lipinski definition) is 3. The summed E-state index contributed by atoms with van der Waals surface area (Å²) in [6, 6.07) is 1.93. The first kappa shape index (κ1) is 14.6. The van der Waals surface area contributed by atoms with Crippen molar-refractivity contribution in [3.8, 4) is 0 Å². The van der Waals surface area contributed by atoms with Crippen LogP contribution in [0.15, 0.2) is 12.3 Å². The second-order valence-corrected chi connectivity index (χ2v) is 6.51. The molecule has 0 bridgehead atoms. The Balaban J connectivity index is 2.11. The maximum atomic E-state index is 11.7. The summed E-state index contributed by atoms with van der Waals surface area (Å²) in [5.41, 5.74) is 1.51. The second kappa shape index (κ2) is 5.46. The molecule has 1 aliphatic rings. The van der Waals surface area contributed by atoms with E-state index < -0.39 is 0 Å². The predicted molar refractivity (Wildman–Crippen MR) is 82.7 cm³/mol. The lowest BCUT2D eigenvalue weighted by molar-refractivity contribution is -0.132. The van der Waals surface area contributed by atoms with Gasteiger partial charge in [0.25, 0.3) is 0 Å². The summed E-state index contributed by atoms with van der Waals surface area (Å²) in [4.78, 5) is 22.4. The highest BCUT2D eigenvalue weighted by atomic mass is 35.5. The maximum absolute atomic E-state index is 11.7. The average Bonchev–Trinajstić information content (AvgIpc) is 2.80. The number of likely N-dealkylation sites (tertiary alicyclic amines) is 1. The molecule has 0 aromatic carbocycles. The fraction of sp³-hybridized carbons (Fsp3) is 0.500. The minimum Gasteiger partial charge on any atom is -0.344 e. The van der Waals surface area contributed by atoms with Crippen molar-refractivity contribution in [2.24, 2.45) is 0 Å². The molecule has 0 saturated carbocycles. The third-order valence-corrected chi connectivity index (χ3v) is 4.25. The quantitative estimate of drug-likeness (QED) is 0.796. The highest BCUT2D eigenvalue weighted by Gasteiger charge is 2.28. The number of rotatable bonds is 2. The van der Waals surface area contributed by atoms with Crippen LogP contribution in [0.2, 0.25) is 5.02 Å². The Morgan fingerprint density at radius 1 is 1.48 bits per heavy atom. The van der Waals surface area contributed by atoms with Gasteiger partial charge in [-0.2, -0.15) is 0 Å². The van der Waals surface area contributed by atoms with Crippen LogP contribution in [0.4, 0.5) is 0 Å². The van der Waals surface area contributed by atoms with Crippen LogP contribution in [0.1, 0.15) is 37.0 Å². The summed E-state index contributed by atoms with van der Waals surface area (Å²) in [5.74, 6) is 0.946. The molecule has 0 radical (unpaired) electrons. The first-order valence-electron chi connectivity index (χ1n) is 6.88. The molecule has 7 heteroatoms. The number of pyridine rings is 1. The Kier molecular flexibility index (Phi) is 3.80. The third kappa shape index (κ3) is 2.60. The van der Waals surface area contributed by atoms with Gasteiger partial charge < -0.3 is 9.47 Å². The van der Waals surface area contributed by atoms with Crippen molar-refractivity contribution in [2.45, 2.75) is 31.2 Å². The number of likely N-dealkylation sites (N-methyl/N-ethyl adjacent to an activating group) is 1. The van der Waals surface area contributed by atoms with Crippen LogP contribution < -0.4 is 0 Å². The summed E-state index contributed by atoms with van der Waals surface area (Å²) >= 11 is 12.3. The maximum Gasteiger partial charge on any atom is 0.222 e. The summed E-state index contributed by atoms with van der Waals surface area (Å²) < 4.78 is 2.06. The fourth-order valence-electron chi connectivity index (χ4n) is 2.82. The van der Waals surface area contributed by atoms with Crippen LogP contribution in [0.5, 0.6) is 0 Å². The highest BCUT2D eigenvalue weighted by molar-refractivity contribution is 6.31. The van der Waals surface area contributed by atoms with Gasteiger partial charge in [0.05, 0.1) is 16.4 Å². The van der Waals surface area contributed by atoms with Gasteiger partial charge in [0.1, 0.15) is 11.3 Å². The van der Waals surface area contributed by atoms with Gasteiger partial charge >= 0.3 is 0 Å². The van der Waals surface area contributed by atoms with E-state index >= 15 is 0 Å². The van der Waals surface area contributed by atoms with Crippen LogP contribution in [0.3, 0.4) is 0 Å². The molecule has 5 nitrogen and oxygen atoms in total. The number of carbonyl (C=O) groups excluding carboxylic acids is 1. The highest BCUT2D eigenvalue weighted by Crippen LogP contribution is 2.32. The number of piperidine rings is 1. The van der Waals surface area contributed by atoms with E-state index in [0.29, 0.717) is 18.0 Å². The van der Waals surface area contributed by atoms with Crippen molar-refractivity contribution in [1.82, 2.24) is 19.4 Å². The van der Waals surface area contributed by atoms with Gasteiger partial charge in [-0.1, -0.05) is 11.6 Å². The van der Waals surface area contributed by atoms with Crippen LogP contribution in [0.25, 0.3) is 11.2 Å². The van der Waals surface area contributed by atoms with Gasteiger partial charge in [0, 0.05) is 26.2 Å². The lowest BCUT2D eigenvalue weighted by Crippen LogP contribution is -2.38. The van der Waals surface area contributed by atoms with Gasteiger partial charge in [-0.15, -0.1) is 11.6 Å². The number of fused-ring (bicyclic) bond motifs is 1. The smallest absolute Gasteiger partial charge is 0.222 e. The zero-order chi connectivity index (χ0) is 15.1. The van der Waals surface area contributed by atoms with Crippen molar-refractivity contribution in [1.29, 1.82) is 0 Å². The SMILES string of the molecule is CC(Cl)c1nc2cc(Cl)cnc2n1C1CCC(=O)N(C)C1. The molecule has 1 amide bonds. The zero-order valence-electron chi connectivity index (χ0n) is 11.9. The van der Waals surface area contributed by atoms with Crippen molar-refractivity contribution in [2.75, 3.05) is 13.6 Å². The lowest BCUT2D eigenvalue weighted by Gasteiger charge is -2.31. The molecule has 3 rings (SSSR count). The molecule has 3 heterocycles. The first-order chi connectivity index (χ1) is 9.97.